The Morgan fingerprint density at radius 2 is 1.21 bits per heavy atom. The van der Waals surface area contributed by atoms with Gasteiger partial charge in [-0.05, 0) is 97.7 Å². The van der Waals surface area contributed by atoms with E-state index < -0.39 is 169 Å². The van der Waals surface area contributed by atoms with E-state index in [9.17, 15) is 66.4 Å². The first-order valence-corrected chi connectivity index (χ1v) is 24.6. The molecule has 0 spiro atoms. The van der Waals surface area contributed by atoms with Crippen LogP contribution in [0.5, 0.6) is 0 Å². The summed E-state index contributed by atoms with van der Waals surface area (Å²) < 4.78 is 35.0. The van der Waals surface area contributed by atoms with Crippen molar-refractivity contribution in [3.8, 4) is 0 Å². The zero-order valence-corrected chi connectivity index (χ0v) is 40.2. The Bertz CT molecular complexity index is 1860. The predicted molar refractivity (Wildman–Crippen MR) is 233 cm³/mol. The van der Waals surface area contributed by atoms with E-state index >= 15 is 4.79 Å². The van der Waals surface area contributed by atoms with Gasteiger partial charge in [-0.2, -0.15) is 0 Å². The maximum atomic E-state index is 15.0. The van der Waals surface area contributed by atoms with Gasteiger partial charge in [0.2, 0.25) is 6.29 Å². The summed E-state index contributed by atoms with van der Waals surface area (Å²) in [5, 5.41) is 140. The van der Waals surface area contributed by atoms with Crippen molar-refractivity contribution in [1.82, 2.24) is 0 Å². The molecule has 0 radical (unpaired) electrons. The Kier molecular flexibility index (Phi) is 14.3. The van der Waals surface area contributed by atoms with Crippen LogP contribution in [0.3, 0.4) is 0 Å². The fourth-order valence-corrected chi connectivity index (χ4v) is 15.3. The molecule has 0 bridgehead atoms. The number of carbonyl (C=O) groups is 1. The van der Waals surface area contributed by atoms with Gasteiger partial charge in [0, 0.05) is 5.92 Å². The minimum Gasteiger partial charge on any atom is -0.432 e. The molecule has 26 atom stereocenters. The van der Waals surface area contributed by atoms with Gasteiger partial charge in [0.25, 0.3) is 0 Å². The molecule has 68 heavy (non-hydrogen) atoms. The van der Waals surface area contributed by atoms with Crippen molar-refractivity contribution in [2.75, 3.05) is 19.8 Å². The highest BCUT2D eigenvalue weighted by molar-refractivity contribution is 5.79. The van der Waals surface area contributed by atoms with Gasteiger partial charge in [0.1, 0.15) is 73.2 Å². The van der Waals surface area contributed by atoms with Crippen molar-refractivity contribution in [3.05, 3.63) is 11.6 Å². The zero-order chi connectivity index (χ0) is 50.0. The smallest absolute Gasteiger partial charge is 0.315 e. The van der Waals surface area contributed by atoms with Crippen LogP contribution in [0.25, 0.3) is 0 Å². The summed E-state index contributed by atoms with van der Waals surface area (Å²) in [6, 6.07) is 0. The Morgan fingerprint density at radius 3 is 1.81 bits per heavy atom. The monoisotopic (exact) mass is 975 g/mol. The van der Waals surface area contributed by atoms with Gasteiger partial charge in [-0.25, -0.2) is 0 Å². The lowest BCUT2D eigenvalue weighted by Crippen LogP contribution is -2.70. The van der Waals surface area contributed by atoms with E-state index in [-0.39, 0.29) is 17.8 Å². The second kappa shape index (κ2) is 18.5. The summed E-state index contributed by atoms with van der Waals surface area (Å²) in [6.45, 7) is 12.6. The van der Waals surface area contributed by atoms with Crippen molar-refractivity contribution < 1.29 is 99.6 Å². The number of allylic oxidation sites excluding steroid dienone is 1. The lowest BCUT2D eigenvalue weighted by Gasteiger charge is -2.72. The number of esters is 1. The highest BCUT2D eigenvalue weighted by Gasteiger charge is 2.73. The minimum absolute atomic E-state index is 0.00241. The van der Waals surface area contributed by atoms with E-state index in [0.717, 1.165) is 18.4 Å². The van der Waals surface area contributed by atoms with Crippen LogP contribution >= 0.6 is 0 Å². The molecule has 4 saturated carbocycles. The van der Waals surface area contributed by atoms with Crippen LogP contribution in [-0.4, -0.2) is 202 Å². The minimum atomic E-state index is -1.90. The fourth-order valence-electron chi connectivity index (χ4n) is 15.3. The number of fused-ring (bicyclic) bond motifs is 7. The van der Waals surface area contributed by atoms with Crippen LogP contribution in [0, 0.1) is 50.7 Å². The molecule has 7 fully saturated rings. The van der Waals surface area contributed by atoms with Crippen molar-refractivity contribution in [3.63, 3.8) is 0 Å². The quantitative estimate of drug-likeness (QED) is 0.0681. The maximum Gasteiger partial charge on any atom is 0.315 e. The predicted octanol–water partition coefficient (Wildman–Crippen LogP) is -1.92. The molecule has 0 aromatic heterocycles. The third-order valence-corrected chi connectivity index (χ3v) is 19.7. The van der Waals surface area contributed by atoms with E-state index in [2.05, 4.69) is 26.8 Å². The third-order valence-electron chi connectivity index (χ3n) is 19.7. The molecule has 3 heterocycles. The summed E-state index contributed by atoms with van der Waals surface area (Å²) in [6.07, 6.45) is -19.8. The first kappa shape index (κ1) is 52.8. The summed E-state index contributed by atoms with van der Waals surface area (Å²) in [5.41, 5.74) is -3.84. The Balaban J connectivity index is 1.04. The first-order chi connectivity index (χ1) is 31.7. The molecule has 0 amide bonds. The molecule has 5 aliphatic carbocycles. The number of rotatable bonds is 9. The Morgan fingerprint density at radius 1 is 0.662 bits per heavy atom. The summed E-state index contributed by atoms with van der Waals surface area (Å²) in [4.78, 5) is 15.0. The second-order valence-electron chi connectivity index (χ2n) is 23.3. The average molecular weight is 975 g/mol. The number of hydrogen-bond donors (Lipinski definition) is 13. The van der Waals surface area contributed by atoms with Crippen molar-refractivity contribution in [1.29, 1.82) is 0 Å². The molecule has 0 aromatic rings. The van der Waals surface area contributed by atoms with E-state index in [1.807, 2.05) is 20.8 Å². The number of hydrogen-bond acceptors (Lipinski definition) is 20. The highest BCUT2D eigenvalue weighted by atomic mass is 16.7. The summed E-state index contributed by atoms with van der Waals surface area (Å²) in [5.74, 6) is -1.69. The van der Waals surface area contributed by atoms with Crippen LogP contribution in [0.1, 0.15) is 99.8 Å². The normalized spacial score (nSPS) is 55.7. The topological polar surface area (TPSA) is 335 Å². The molecular formula is C48H78O20. The molecule has 0 aromatic carbocycles. The lowest BCUT2D eigenvalue weighted by atomic mass is 9.33. The van der Waals surface area contributed by atoms with E-state index in [4.69, 9.17) is 28.4 Å². The van der Waals surface area contributed by atoms with Gasteiger partial charge in [-0.15, -0.1) is 0 Å². The number of carbonyl (C=O) groups excluding carboxylic acids is 1. The molecule has 3 saturated heterocycles. The van der Waals surface area contributed by atoms with Gasteiger partial charge < -0.3 is 94.8 Å². The van der Waals surface area contributed by atoms with Crippen LogP contribution in [0.2, 0.25) is 0 Å². The van der Waals surface area contributed by atoms with Gasteiger partial charge in [0.15, 0.2) is 12.6 Å². The van der Waals surface area contributed by atoms with Crippen molar-refractivity contribution in [2.45, 2.75) is 210 Å². The first-order valence-electron chi connectivity index (χ1n) is 24.6. The molecule has 8 aliphatic rings. The molecular weight excluding hydrogens is 897 g/mol. The SMILES string of the molecule is C[C@H]1CC[C@]2(C(=O)O[C@H]3O[C@@H](CO[C@H]4O[C@@H](CO)[C@H](O)[C@@H](O)[C@@H]4O)[C@H](O)[C@@H](O)[C@@H]3O)CC[C@]3(C)C(=CC[C@@H]4[C@@]5(C)C[C@@H](O)[C@H](O[C@H]6O[C@@H](CO)[C@H](O)[C@@H](O)[C@@H]6O)C(C)(C)[C@H]5CC[C@]43C)[C@@H]2[C@]1(C)O. The Labute approximate surface area is 396 Å². The molecule has 3 aliphatic heterocycles. The summed E-state index contributed by atoms with van der Waals surface area (Å²) >= 11 is 0. The third kappa shape index (κ3) is 7.89. The van der Waals surface area contributed by atoms with Gasteiger partial charge in [-0.3, -0.25) is 4.79 Å². The lowest BCUT2D eigenvalue weighted by molar-refractivity contribution is -0.341. The van der Waals surface area contributed by atoms with Crippen molar-refractivity contribution >= 4 is 5.97 Å². The number of aliphatic hydroxyl groups excluding tert-OH is 12. The van der Waals surface area contributed by atoms with E-state index in [1.54, 1.807) is 6.92 Å². The zero-order valence-electron chi connectivity index (χ0n) is 40.2. The van der Waals surface area contributed by atoms with Gasteiger partial charge in [-0.1, -0.05) is 53.2 Å². The standard InChI is InChI=1S/C48H78O20/c1-20-10-13-48(42(61)68-41-36(60)33(57)30(54)25(66-41)19-63-39-34(58)31(55)28(52)23(17-49)64-39)15-14-45(5)21(37(48)47(20,7)62)8-9-27-44(4)16-22(51)38(43(2,3)26(44)11-12-46(27,45)6)67-40-35(59)32(56)29(53)24(18-50)65-40/h8,20,22-41,49-60,62H,9-19H2,1-7H3/t20-,22+,23-,24-,25-,26+,27+,28-,29-,30-,31+,32+,33+,34-,35-,36-,37+,38-,39-,40+,41+,44-,45+,46+,47+,48-/m0/s1. The molecule has 390 valence electrons. The fraction of sp³-hybridized carbons (Fsp3) is 0.938. The highest BCUT2D eigenvalue weighted by Crippen LogP contribution is 2.76. The van der Waals surface area contributed by atoms with Crippen molar-refractivity contribution in [2.24, 2.45) is 50.7 Å². The molecule has 20 nitrogen and oxygen atoms in total. The van der Waals surface area contributed by atoms with Crippen LogP contribution < -0.4 is 0 Å². The Hall–Kier alpha value is -1.51. The largest absolute Gasteiger partial charge is 0.432 e. The number of ether oxygens (including phenoxy) is 6. The second-order valence-corrected chi connectivity index (χ2v) is 23.3. The van der Waals surface area contributed by atoms with E-state index in [0.29, 0.717) is 38.5 Å². The molecule has 13 N–H and O–H groups in total. The number of aliphatic hydroxyl groups is 13. The van der Waals surface area contributed by atoms with Crippen LogP contribution in [-0.2, 0) is 33.2 Å². The van der Waals surface area contributed by atoms with E-state index in [1.165, 1.54) is 0 Å². The average Bonchev–Trinajstić information content (AvgIpc) is 3.28. The summed E-state index contributed by atoms with van der Waals surface area (Å²) in [7, 11) is 0. The molecule has 20 heteroatoms. The molecule has 0 unspecified atom stereocenters. The van der Waals surface area contributed by atoms with Crippen LogP contribution in [0.15, 0.2) is 11.6 Å². The van der Waals surface area contributed by atoms with Gasteiger partial charge >= 0.3 is 5.97 Å². The van der Waals surface area contributed by atoms with Crippen LogP contribution in [0.4, 0.5) is 0 Å². The van der Waals surface area contributed by atoms with Gasteiger partial charge in [0.05, 0.1) is 43.0 Å². The maximum absolute atomic E-state index is 15.0. The molecule has 8 rings (SSSR count).